The van der Waals surface area contributed by atoms with E-state index in [4.69, 9.17) is 0 Å². The SMILES string of the molecule is CC1(C)[I+]C1(C)C. The van der Waals surface area contributed by atoms with Gasteiger partial charge in [-0.25, -0.2) is 0 Å². The zero-order valence-electron chi connectivity index (χ0n) is 5.38. The summed E-state index contributed by atoms with van der Waals surface area (Å²) in [5, 5.41) is 0. The van der Waals surface area contributed by atoms with E-state index in [9.17, 15) is 0 Å². The van der Waals surface area contributed by atoms with Gasteiger partial charge < -0.3 is 0 Å². The fraction of sp³-hybridized carbons (Fsp3) is 1.00. The summed E-state index contributed by atoms with van der Waals surface area (Å²) in [6.07, 6.45) is 0. The van der Waals surface area contributed by atoms with Gasteiger partial charge in [0.15, 0.2) is 0 Å². The zero-order valence-corrected chi connectivity index (χ0v) is 7.54. The summed E-state index contributed by atoms with van der Waals surface area (Å²) < 4.78 is 1.51. The molecular weight excluding hydrogens is 199 g/mol. The average Bonchev–Trinajstić information content (AvgIpc) is 1.63. The van der Waals surface area contributed by atoms with Crippen LogP contribution in [0.5, 0.6) is 0 Å². The molecule has 1 saturated heterocycles. The Hall–Kier alpha value is 0.730. The van der Waals surface area contributed by atoms with Crippen LogP contribution in [-0.4, -0.2) is 6.84 Å². The van der Waals surface area contributed by atoms with Crippen molar-refractivity contribution in [3.63, 3.8) is 0 Å². The minimum atomic E-state index is 0.547. The normalized spacial score (nSPS) is 32.6. The topological polar surface area (TPSA) is 0 Å². The second kappa shape index (κ2) is 1.17. The molecule has 0 aliphatic carbocycles. The average molecular weight is 211 g/mol. The van der Waals surface area contributed by atoms with E-state index in [1.165, 1.54) is 0 Å². The van der Waals surface area contributed by atoms with Crippen molar-refractivity contribution in [2.45, 2.75) is 34.5 Å². The van der Waals surface area contributed by atoms with Crippen LogP contribution in [0.15, 0.2) is 0 Å². The highest BCUT2D eigenvalue weighted by molar-refractivity contribution is 4.95. The lowest BCUT2D eigenvalue weighted by Gasteiger charge is -1.87. The summed E-state index contributed by atoms with van der Waals surface area (Å²) in [6, 6.07) is 0. The minimum Gasteiger partial charge on any atom is -0.0105 e. The molecule has 7 heavy (non-hydrogen) atoms. The van der Waals surface area contributed by atoms with E-state index in [0.717, 1.165) is 6.84 Å². The first-order chi connectivity index (χ1) is 2.96. The maximum absolute atomic E-state index is 2.38. The van der Waals surface area contributed by atoms with Crippen LogP contribution in [0.4, 0.5) is 0 Å². The van der Waals surface area contributed by atoms with Crippen LogP contribution in [0.3, 0.4) is 0 Å². The van der Waals surface area contributed by atoms with Gasteiger partial charge in [0.1, 0.15) is 0 Å². The highest BCUT2D eigenvalue weighted by atomic mass is 127. The van der Waals surface area contributed by atoms with Crippen LogP contribution in [0, 0.1) is 0 Å². The number of hydrogen-bond donors (Lipinski definition) is 0. The van der Waals surface area contributed by atoms with Gasteiger partial charge in [-0.2, -0.15) is 0 Å². The maximum Gasteiger partial charge on any atom is 0.291 e. The molecule has 1 heterocycles. The molecule has 0 unspecified atom stereocenters. The Morgan fingerprint density at radius 3 is 1.00 bits per heavy atom. The fourth-order valence-corrected chi connectivity index (χ4v) is 3.80. The van der Waals surface area contributed by atoms with Gasteiger partial charge in [0, 0.05) is 0 Å². The van der Waals surface area contributed by atoms with Crippen LogP contribution < -0.4 is 21.2 Å². The molecule has 1 aliphatic rings. The van der Waals surface area contributed by atoms with Crippen molar-refractivity contribution in [3.8, 4) is 0 Å². The molecule has 0 aromatic heterocycles. The van der Waals surface area contributed by atoms with Crippen molar-refractivity contribution >= 4 is 0 Å². The van der Waals surface area contributed by atoms with Crippen molar-refractivity contribution in [1.82, 2.24) is 0 Å². The third-order valence-electron chi connectivity index (χ3n) is 1.85. The number of alkyl halides is 2. The molecule has 0 bridgehead atoms. The molecule has 0 atom stereocenters. The summed E-state index contributed by atoms with van der Waals surface area (Å²) >= 11 is 0.547. The monoisotopic (exact) mass is 211 g/mol. The van der Waals surface area contributed by atoms with Crippen molar-refractivity contribution in [2.24, 2.45) is 0 Å². The largest absolute Gasteiger partial charge is 0.291 e. The second-order valence-electron chi connectivity index (χ2n) is 3.04. The molecule has 1 rings (SSSR count). The van der Waals surface area contributed by atoms with Gasteiger partial charge >= 0.3 is 0 Å². The zero-order chi connectivity index (χ0) is 5.71. The Labute approximate surface area is 55.9 Å². The molecule has 0 amide bonds. The van der Waals surface area contributed by atoms with E-state index in [2.05, 4.69) is 27.7 Å². The highest BCUT2D eigenvalue weighted by Gasteiger charge is 2.75. The van der Waals surface area contributed by atoms with Crippen molar-refractivity contribution in [1.29, 1.82) is 0 Å². The second-order valence-corrected chi connectivity index (χ2v) is 8.97. The van der Waals surface area contributed by atoms with Crippen LogP contribution >= 0.6 is 0 Å². The molecule has 0 aromatic carbocycles. The molecule has 0 aromatic rings. The Balaban J connectivity index is 2.59. The standard InChI is InChI=1S/C6H12I/c1-5(2)6(3,4)7-5/h1-4H3/q+1. The Morgan fingerprint density at radius 1 is 0.857 bits per heavy atom. The van der Waals surface area contributed by atoms with E-state index in [0.29, 0.717) is 21.2 Å². The third kappa shape index (κ3) is 0.799. The molecule has 1 heteroatoms. The quantitative estimate of drug-likeness (QED) is 0.343. The van der Waals surface area contributed by atoms with Gasteiger partial charge in [-0.05, 0) is 27.7 Å². The minimum absolute atomic E-state index is 0.547. The van der Waals surface area contributed by atoms with Crippen molar-refractivity contribution in [3.05, 3.63) is 0 Å². The lowest BCUT2D eigenvalue weighted by atomic mass is 10.0. The molecular formula is C6H12I+. The Kier molecular flexibility index (Phi) is 0.981. The number of hydrogen-bond acceptors (Lipinski definition) is 0. The number of halogens is 1. The van der Waals surface area contributed by atoms with Crippen LogP contribution in [0.1, 0.15) is 27.7 Å². The van der Waals surface area contributed by atoms with Gasteiger partial charge in [-0.3, -0.25) is 0 Å². The molecule has 0 N–H and O–H groups in total. The molecule has 0 saturated carbocycles. The van der Waals surface area contributed by atoms with Crippen molar-refractivity contribution in [2.75, 3.05) is 0 Å². The molecule has 0 spiro atoms. The van der Waals surface area contributed by atoms with Gasteiger partial charge in [-0.1, -0.05) is 0 Å². The summed E-state index contributed by atoms with van der Waals surface area (Å²) in [4.78, 5) is 0. The van der Waals surface area contributed by atoms with Gasteiger partial charge in [0.2, 0.25) is 6.84 Å². The predicted molar refractivity (Wildman–Crippen MR) is 28.2 cm³/mol. The molecule has 0 nitrogen and oxygen atoms in total. The van der Waals surface area contributed by atoms with E-state index in [1.807, 2.05) is 0 Å². The van der Waals surface area contributed by atoms with Gasteiger partial charge in [-0.15, -0.1) is 0 Å². The lowest BCUT2D eigenvalue weighted by molar-refractivity contribution is -0.551. The Morgan fingerprint density at radius 2 is 1.00 bits per heavy atom. The van der Waals surface area contributed by atoms with E-state index in [-0.39, 0.29) is 0 Å². The van der Waals surface area contributed by atoms with E-state index >= 15 is 0 Å². The molecule has 1 aliphatic heterocycles. The van der Waals surface area contributed by atoms with Crippen molar-refractivity contribution < 1.29 is 21.2 Å². The molecule has 0 radical (unpaired) electrons. The van der Waals surface area contributed by atoms with Gasteiger partial charge in [0.25, 0.3) is 21.2 Å². The number of rotatable bonds is 0. The fourth-order valence-electron chi connectivity index (χ4n) is 0.567. The smallest absolute Gasteiger partial charge is 0.0105 e. The molecule has 42 valence electrons. The van der Waals surface area contributed by atoms with Crippen LogP contribution in [0.2, 0.25) is 0 Å². The first kappa shape index (κ1) is 5.86. The van der Waals surface area contributed by atoms with Crippen LogP contribution in [-0.2, 0) is 0 Å². The first-order valence-corrected chi connectivity index (χ1v) is 4.79. The maximum atomic E-state index is 2.38. The summed E-state index contributed by atoms with van der Waals surface area (Å²) in [7, 11) is 0. The van der Waals surface area contributed by atoms with Gasteiger partial charge in [0.05, 0.1) is 0 Å². The summed E-state index contributed by atoms with van der Waals surface area (Å²) in [6.45, 7) is 9.50. The summed E-state index contributed by atoms with van der Waals surface area (Å²) in [5.41, 5.74) is 0. The first-order valence-electron chi connectivity index (χ1n) is 2.63. The molecule has 1 fully saturated rings. The van der Waals surface area contributed by atoms with E-state index < -0.39 is 0 Å². The lowest BCUT2D eigenvalue weighted by Crippen LogP contribution is -3.53. The predicted octanol–water partition coefficient (Wildman–Crippen LogP) is -1.35. The van der Waals surface area contributed by atoms with Crippen LogP contribution in [0.25, 0.3) is 0 Å². The highest BCUT2D eigenvalue weighted by Crippen LogP contribution is 2.17. The third-order valence-corrected chi connectivity index (χ3v) is 6.70. The Bertz CT molecular complexity index is 80.4. The summed E-state index contributed by atoms with van der Waals surface area (Å²) in [5.74, 6) is 0. The van der Waals surface area contributed by atoms with E-state index in [1.54, 1.807) is 0 Å².